The molecular formula is C12H23N3O2. The second kappa shape index (κ2) is 5.33. The SMILES string of the molecule is NC(=O)C1CCCCN1CC1(O)CCNCC1. The summed E-state index contributed by atoms with van der Waals surface area (Å²) in [5, 5.41) is 13.7. The molecule has 1 unspecified atom stereocenters. The van der Waals surface area contributed by atoms with Crippen LogP contribution in [0.2, 0.25) is 0 Å². The first-order valence-corrected chi connectivity index (χ1v) is 6.57. The average molecular weight is 241 g/mol. The van der Waals surface area contributed by atoms with Crippen molar-refractivity contribution in [3.8, 4) is 0 Å². The fraction of sp³-hybridized carbons (Fsp3) is 0.917. The van der Waals surface area contributed by atoms with Gasteiger partial charge in [-0.05, 0) is 45.3 Å². The fourth-order valence-corrected chi connectivity index (χ4v) is 2.93. The number of aliphatic hydroxyl groups is 1. The third kappa shape index (κ3) is 3.18. The van der Waals surface area contributed by atoms with Crippen LogP contribution in [0.5, 0.6) is 0 Å². The maximum absolute atomic E-state index is 11.4. The fourth-order valence-electron chi connectivity index (χ4n) is 2.93. The highest BCUT2D eigenvalue weighted by Crippen LogP contribution is 2.24. The molecule has 2 rings (SSSR count). The van der Waals surface area contributed by atoms with E-state index in [1.807, 2.05) is 0 Å². The number of β-amino-alcohol motifs (C(OH)–C–C–N with tert-alkyl or cyclic N) is 1. The van der Waals surface area contributed by atoms with Crippen molar-refractivity contribution < 1.29 is 9.90 Å². The Hall–Kier alpha value is -0.650. The first-order valence-electron chi connectivity index (χ1n) is 6.57. The monoisotopic (exact) mass is 241 g/mol. The van der Waals surface area contributed by atoms with Crippen molar-refractivity contribution >= 4 is 5.91 Å². The van der Waals surface area contributed by atoms with Crippen molar-refractivity contribution in [2.75, 3.05) is 26.2 Å². The number of carbonyl (C=O) groups excluding carboxylic acids is 1. The number of nitrogens with one attached hydrogen (secondary N) is 1. The number of carbonyl (C=O) groups is 1. The van der Waals surface area contributed by atoms with Crippen LogP contribution in [0.4, 0.5) is 0 Å². The lowest BCUT2D eigenvalue weighted by Gasteiger charge is -2.41. The molecule has 98 valence electrons. The van der Waals surface area contributed by atoms with Crippen molar-refractivity contribution in [2.24, 2.45) is 5.73 Å². The molecule has 17 heavy (non-hydrogen) atoms. The summed E-state index contributed by atoms with van der Waals surface area (Å²) in [4.78, 5) is 13.5. The Morgan fingerprint density at radius 1 is 1.41 bits per heavy atom. The van der Waals surface area contributed by atoms with Gasteiger partial charge in [-0.15, -0.1) is 0 Å². The van der Waals surface area contributed by atoms with Crippen LogP contribution < -0.4 is 11.1 Å². The number of rotatable bonds is 3. The topological polar surface area (TPSA) is 78.6 Å². The van der Waals surface area contributed by atoms with Gasteiger partial charge >= 0.3 is 0 Å². The Labute approximate surface area is 102 Å². The van der Waals surface area contributed by atoms with Crippen LogP contribution in [-0.4, -0.2) is 53.7 Å². The molecule has 0 saturated carbocycles. The number of piperidine rings is 2. The maximum Gasteiger partial charge on any atom is 0.234 e. The Bertz CT molecular complexity index is 277. The van der Waals surface area contributed by atoms with Gasteiger partial charge < -0.3 is 16.2 Å². The minimum absolute atomic E-state index is 0.178. The summed E-state index contributed by atoms with van der Waals surface area (Å²) in [7, 11) is 0. The molecule has 2 saturated heterocycles. The molecule has 0 aliphatic carbocycles. The molecule has 0 aromatic heterocycles. The van der Waals surface area contributed by atoms with Gasteiger partial charge in [-0.25, -0.2) is 0 Å². The molecule has 2 aliphatic heterocycles. The number of primary amides is 1. The van der Waals surface area contributed by atoms with Crippen molar-refractivity contribution in [2.45, 2.75) is 43.7 Å². The minimum Gasteiger partial charge on any atom is -0.388 e. The van der Waals surface area contributed by atoms with E-state index < -0.39 is 5.60 Å². The van der Waals surface area contributed by atoms with Crippen molar-refractivity contribution in [3.63, 3.8) is 0 Å². The predicted molar refractivity (Wildman–Crippen MR) is 65.5 cm³/mol. The van der Waals surface area contributed by atoms with E-state index in [0.717, 1.165) is 51.7 Å². The van der Waals surface area contributed by atoms with Gasteiger partial charge in [-0.1, -0.05) is 6.42 Å². The molecule has 5 nitrogen and oxygen atoms in total. The lowest BCUT2D eigenvalue weighted by atomic mass is 9.90. The standard InChI is InChI=1S/C12H23N3O2/c13-11(16)10-3-1-2-8-15(10)9-12(17)4-6-14-7-5-12/h10,14,17H,1-9H2,(H2,13,16). The smallest absolute Gasteiger partial charge is 0.234 e. The van der Waals surface area contributed by atoms with E-state index in [1.54, 1.807) is 0 Å². The van der Waals surface area contributed by atoms with Gasteiger partial charge in [0.15, 0.2) is 0 Å². The molecule has 1 atom stereocenters. The zero-order valence-corrected chi connectivity index (χ0v) is 10.3. The molecule has 1 amide bonds. The Kier molecular flexibility index (Phi) is 4.01. The van der Waals surface area contributed by atoms with E-state index in [-0.39, 0.29) is 11.9 Å². The molecule has 0 radical (unpaired) electrons. The Morgan fingerprint density at radius 3 is 2.76 bits per heavy atom. The van der Waals surface area contributed by atoms with E-state index in [0.29, 0.717) is 6.54 Å². The van der Waals surface area contributed by atoms with E-state index in [2.05, 4.69) is 10.2 Å². The van der Waals surface area contributed by atoms with E-state index in [4.69, 9.17) is 5.73 Å². The summed E-state index contributed by atoms with van der Waals surface area (Å²) in [6.45, 7) is 3.17. The second-order valence-corrected chi connectivity index (χ2v) is 5.36. The quantitative estimate of drug-likeness (QED) is 0.619. The van der Waals surface area contributed by atoms with Gasteiger partial charge in [0, 0.05) is 6.54 Å². The number of nitrogens with two attached hydrogens (primary N) is 1. The maximum atomic E-state index is 11.4. The molecule has 2 fully saturated rings. The lowest BCUT2D eigenvalue weighted by Crippen LogP contribution is -2.56. The largest absolute Gasteiger partial charge is 0.388 e. The summed E-state index contributed by atoms with van der Waals surface area (Å²) in [6.07, 6.45) is 4.51. The number of hydrogen-bond donors (Lipinski definition) is 3. The first kappa shape index (κ1) is 12.8. The van der Waals surface area contributed by atoms with Gasteiger partial charge in [0.25, 0.3) is 0 Å². The highest BCUT2D eigenvalue weighted by molar-refractivity contribution is 5.79. The number of amides is 1. The molecular weight excluding hydrogens is 218 g/mol. The van der Waals surface area contributed by atoms with Crippen molar-refractivity contribution in [1.82, 2.24) is 10.2 Å². The molecule has 5 heteroatoms. The normalized spacial score (nSPS) is 30.1. The Balaban J connectivity index is 1.97. The van der Waals surface area contributed by atoms with Crippen LogP contribution in [0.15, 0.2) is 0 Å². The van der Waals surface area contributed by atoms with Crippen molar-refractivity contribution in [3.05, 3.63) is 0 Å². The van der Waals surface area contributed by atoms with Crippen LogP contribution in [0.1, 0.15) is 32.1 Å². The average Bonchev–Trinajstić information content (AvgIpc) is 2.29. The first-order chi connectivity index (χ1) is 8.11. The molecule has 2 aliphatic rings. The van der Waals surface area contributed by atoms with Crippen LogP contribution in [0.25, 0.3) is 0 Å². The second-order valence-electron chi connectivity index (χ2n) is 5.36. The van der Waals surface area contributed by atoms with Crippen LogP contribution in [0.3, 0.4) is 0 Å². The van der Waals surface area contributed by atoms with E-state index >= 15 is 0 Å². The predicted octanol–water partition coefficient (Wildman–Crippen LogP) is -0.559. The highest BCUT2D eigenvalue weighted by atomic mass is 16.3. The Morgan fingerprint density at radius 2 is 2.12 bits per heavy atom. The molecule has 0 spiro atoms. The summed E-state index contributed by atoms with van der Waals surface area (Å²) in [5.74, 6) is -0.248. The van der Waals surface area contributed by atoms with Crippen LogP contribution in [-0.2, 0) is 4.79 Å². The molecule has 4 N–H and O–H groups in total. The summed E-state index contributed by atoms with van der Waals surface area (Å²) >= 11 is 0. The third-order valence-electron chi connectivity index (χ3n) is 3.97. The summed E-state index contributed by atoms with van der Waals surface area (Å²) in [6, 6.07) is -0.178. The van der Waals surface area contributed by atoms with Crippen LogP contribution in [0, 0.1) is 0 Å². The summed E-state index contributed by atoms with van der Waals surface area (Å²) < 4.78 is 0. The lowest BCUT2D eigenvalue weighted by molar-refractivity contribution is -0.126. The van der Waals surface area contributed by atoms with Gasteiger partial charge in [0.05, 0.1) is 11.6 Å². The van der Waals surface area contributed by atoms with Crippen LogP contribution >= 0.6 is 0 Å². The number of likely N-dealkylation sites (tertiary alicyclic amines) is 1. The molecule has 0 bridgehead atoms. The number of hydrogen-bond acceptors (Lipinski definition) is 4. The molecule has 0 aromatic rings. The van der Waals surface area contributed by atoms with Gasteiger partial charge in [0.2, 0.25) is 5.91 Å². The summed E-state index contributed by atoms with van der Waals surface area (Å²) in [5.41, 5.74) is 4.79. The third-order valence-corrected chi connectivity index (χ3v) is 3.97. The zero-order chi connectivity index (χ0) is 12.3. The minimum atomic E-state index is -0.643. The van der Waals surface area contributed by atoms with Gasteiger partial charge in [0.1, 0.15) is 0 Å². The molecule has 0 aromatic carbocycles. The van der Waals surface area contributed by atoms with Crippen molar-refractivity contribution in [1.29, 1.82) is 0 Å². The van der Waals surface area contributed by atoms with Gasteiger partial charge in [-0.2, -0.15) is 0 Å². The highest BCUT2D eigenvalue weighted by Gasteiger charge is 2.36. The zero-order valence-electron chi connectivity index (χ0n) is 10.3. The van der Waals surface area contributed by atoms with E-state index in [1.165, 1.54) is 0 Å². The number of nitrogens with zero attached hydrogens (tertiary/aromatic N) is 1. The van der Waals surface area contributed by atoms with E-state index in [9.17, 15) is 9.90 Å². The van der Waals surface area contributed by atoms with Gasteiger partial charge in [-0.3, -0.25) is 9.69 Å². The molecule has 2 heterocycles.